The smallest absolute Gasteiger partial charge is 0.137 e. The number of nitrogens with one attached hydrogen (secondary N) is 1. The van der Waals surface area contributed by atoms with E-state index in [4.69, 9.17) is 9.47 Å². The van der Waals surface area contributed by atoms with E-state index in [9.17, 15) is 0 Å². The van der Waals surface area contributed by atoms with Crippen LogP contribution in [-0.4, -0.2) is 57.5 Å². The Labute approximate surface area is 121 Å². The first kappa shape index (κ1) is 16.7. The van der Waals surface area contributed by atoms with Gasteiger partial charge in [-0.05, 0) is 20.3 Å². The SMILES string of the molecule is CNc1nc(C)nc(N(CCCOC)CCOC)c1C. The predicted octanol–water partition coefficient (Wildman–Crippen LogP) is 1.62. The van der Waals surface area contributed by atoms with Crippen molar-refractivity contribution in [2.24, 2.45) is 0 Å². The summed E-state index contributed by atoms with van der Waals surface area (Å²) < 4.78 is 10.3. The second kappa shape index (κ2) is 8.71. The molecule has 0 aliphatic carbocycles. The highest BCUT2D eigenvalue weighted by Crippen LogP contribution is 2.23. The van der Waals surface area contributed by atoms with Crippen LogP contribution in [0.5, 0.6) is 0 Å². The fourth-order valence-electron chi connectivity index (χ4n) is 2.09. The van der Waals surface area contributed by atoms with Crippen molar-refractivity contribution in [2.45, 2.75) is 20.3 Å². The van der Waals surface area contributed by atoms with Crippen molar-refractivity contribution in [3.63, 3.8) is 0 Å². The maximum absolute atomic E-state index is 5.19. The van der Waals surface area contributed by atoms with E-state index in [1.807, 2.05) is 20.9 Å². The molecule has 0 bridgehead atoms. The maximum atomic E-state index is 5.19. The van der Waals surface area contributed by atoms with Gasteiger partial charge < -0.3 is 19.7 Å². The molecule has 114 valence electrons. The molecule has 20 heavy (non-hydrogen) atoms. The zero-order chi connectivity index (χ0) is 15.0. The number of hydrogen-bond acceptors (Lipinski definition) is 6. The lowest BCUT2D eigenvalue weighted by molar-refractivity contribution is 0.191. The van der Waals surface area contributed by atoms with Gasteiger partial charge in [0, 0.05) is 46.5 Å². The van der Waals surface area contributed by atoms with E-state index in [0.29, 0.717) is 6.61 Å². The Morgan fingerprint density at radius 3 is 2.35 bits per heavy atom. The van der Waals surface area contributed by atoms with Crippen LogP contribution >= 0.6 is 0 Å². The first-order chi connectivity index (χ1) is 9.63. The average Bonchev–Trinajstić information content (AvgIpc) is 2.45. The van der Waals surface area contributed by atoms with Gasteiger partial charge in [0.2, 0.25) is 0 Å². The molecule has 6 nitrogen and oxygen atoms in total. The molecule has 0 aromatic carbocycles. The minimum Gasteiger partial charge on any atom is -0.385 e. The van der Waals surface area contributed by atoms with Crippen LogP contribution in [0.1, 0.15) is 17.8 Å². The van der Waals surface area contributed by atoms with Crippen LogP contribution in [0, 0.1) is 13.8 Å². The minimum absolute atomic E-state index is 0.671. The van der Waals surface area contributed by atoms with Crippen molar-refractivity contribution >= 4 is 11.6 Å². The van der Waals surface area contributed by atoms with Crippen LogP contribution in [0.15, 0.2) is 0 Å². The third-order valence-electron chi connectivity index (χ3n) is 3.11. The predicted molar refractivity (Wildman–Crippen MR) is 81.6 cm³/mol. The van der Waals surface area contributed by atoms with Gasteiger partial charge in [-0.15, -0.1) is 0 Å². The largest absolute Gasteiger partial charge is 0.385 e. The van der Waals surface area contributed by atoms with E-state index >= 15 is 0 Å². The average molecular weight is 282 g/mol. The summed E-state index contributed by atoms with van der Waals surface area (Å²) in [5, 5.41) is 3.12. The standard InChI is InChI=1S/C14H26N4O2/c1-11-13(15-3)16-12(2)17-14(11)18(8-10-20-5)7-6-9-19-4/h6-10H2,1-5H3,(H,15,16,17). The van der Waals surface area contributed by atoms with Crippen molar-refractivity contribution < 1.29 is 9.47 Å². The molecule has 0 aliphatic heterocycles. The number of methoxy groups -OCH3 is 2. The van der Waals surface area contributed by atoms with E-state index in [1.54, 1.807) is 14.2 Å². The van der Waals surface area contributed by atoms with Gasteiger partial charge in [-0.1, -0.05) is 0 Å². The Hall–Kier alpha value is -1.40. The number of nitrogens with zero attached hydrogens (tertiary/aromatic N) is 3. The molecule has 0 fully saturated rings. The van der Waals surface area contributed by atoms with Gasteiger partial charge in [-0.2, -0.15) is 0 Å². The molecular weight excluding hydrogens is 256 g/mol. The molecule has 1 heterocycles. The second-order valence-electron chi connectivity index (χ2n) is 4.64. The monoisotopic (exact) mass is 282 g/mol. The van der Waals surface area contributed by atoms with Gasteiger partial charge >= 0.3 is 0 Å². The molecule has 0 atom stereocenters. The molecule has 6 heteroatoms. The molecule has 0 radical (unpaired) electrons. The summed E-state index contributed by atoms with van der Waals surface area (Å²) in [6, 6.07) is 0. The van der Waals surface area contributed by atoms with Gasteiger partial charge in [0.15, 0.2) is 0 Å². The number of aryl methyl sites for hydroxylation is 1. The molecule has 1 aromatic rings. The van der Waals surface area contributed by atoms with Gasteiger partial charge in [0.25, 0.3) is 0 Å². The van der Waals surface area contributed by atoms with Gasteiger partial charge in [0.05, 0.1) is 6.61 Å². The molecule has 1 N–H and O–H groups in total. The third-order valence-corrected chi connectivity index (χ3v) is 3.11. The van der Waals surface area contributed by atoms with Crippen molar-refractivity contribution in [1.82, 2.24) is 9.97 Å². The quantitative estimate of drug-likeness (QED) is 0.695. The Morgan fingerprint density at radius 2 is 1.75 bits per heavy atom. The molecule has 0 saturated heterocycles. The van der Waals surface area contributed by atoms with Crippen LogP contribution in [-0.2, 0) is 9.47 Å². The Balaban J connectivity index is 2.95. The molecule has 0 amide bonds. The molecule has 0 spiro atoms. The molecule has 1 rings (SSSR count). The van der Waals surface area contributed by atoms with Crippen molar-refractivity contribution in [3.05, 3.63) is 11.4 Å². The van der Waals surface area contributed by atoms with Crippen molar-refractivity contribution in [2.75, 3.05) is 57.8 Å². The summed E-state index contributed by atoms with van der Waals surface area (Å²) in [6.07, 6.45) is 0.956. The number of hydrogen-bond donors (Lipinski definition) is 1. The van der Waals surface area contributed by atoms with Crippen LogP contribution in [0.4, 0.5) is 11.6 Å². The molecular formula is C14H26N4O2. The fourth-order valence-corrected chi connectivity index (χ4v) is 2.09. The number of rotatable bonds is 9. The fraction of sp³-hybridized carbons (Fsp3) is 0.714. The zero-order valence-electron chi connectivity index (χ0n) is 13.2. The summed E-state index contributed by atoms with van der Waals surface area (Å²) in [5.74, 6) is 2.61. The summed E-state index contributed by atoms with van der Waals surface area (Å²) >= 11 is 0. The Bertz CT molecular complexity index is 412. The molecule has 1 aromatic heterocycles. The highest BCUT2D eigenvalue weighted by molar-refractivity contribution is 5.58. The molecule has 0 unspecified atom stereocenters. The van der Waals surface area contributed by atoms with Gasteiger partial charge in [0.1, 0.15) is 17.5 Å². The number of ether oxygens (including phenoxy) is 2. The molecule has 0 aliphatic rings. The summed E-state index contributed by atoms with van der Waals surface area (Å²) in [7, 11) is 5.31. The van der Waals surface area contributed by atoms with Crippen molar-refractivity contribution in [3.8, 4) is 0 Å². The lowest BCUT2D eigenvalue weighted by Gasteiger charge is -2.26. The second-order valence-corrected chi connectivity index (χ2v) is 4.64. The van der Waals surface area contributed by atoms with Crippen LogP contribution in [0.3, 0.4) is 0 Å². The summed E-state index contributed by atoms with van der Waals surface area (Å²) in [4.78, 5) is 11.2. The van der Waals surface area contributed by atoms with E-state index in [-0.39, 0.29) is 0 Å². The Morgan fingerprint density at radius 1 is 1.05 bits per heavy atom. The van der Waals surface area contributed by atoms with Gasteiger partial charge in [-0.25, -0.2) is 9.97 Å². The van der Waals surface area contributed by atoms with Crippen LogP contribution in [0.25, 0.3) is 0 Å². The zero-order valence-corrected chi connectivity index (χ0v) is 13.2. The van der Waals surface area contributed by atoms with Gasteiger partial charge in [-0.3, -0.25) is 0 Å². The molecule has 0 saturated carbocycles. The first-order valence-electron chi connectivity index (χ1n) is 6.89. The lowest BCUT2D eigenvalue weighted by atomic mass is 10.2. The van der Waals surface area contributed by atoms with E-state index < -0.39 is 0 Å². The Kier molecular flexibility index (Phi) is 7.25. The summed E-state index contributed by atoms with van der Waals surface area (Å²) in [5.41, 5.74) is 1.06. The van der Waals surface area contributed by atoms with E-state index in [2.05, 4.69) is 20.2 Å². The normalized spacial score (nSPS) is 10.7. The number of anilines is 2. The van der Waals surface area contributed by atoms with Crippen LogP contribution < -0.4 is 10.2 Å². The third kappa shape index (κ3) is 4.61. The highest BCUT2D eigenvalue weighted by atomic mass is 16.5. The van der Waals surface area contributed by atoms with Crippen molar-refractivity contribution in [1.29, 1.82) is 0 Å². The minimum atomic E-state index is 0.671. The number of aromatic nitrogens is 2. The van der Waals surface area contributed by atoms with E-state index in [0.717, 1.165) is 49.1 Å². The van der Waals surface area contributed by atoms with Crippen LogP contribution in [0.2, 0.25) is 0 Å². The highest BCUT2D eigenvalue weighted by Gasteiger charge is 2.15. The summed E-state index contributed by atoms with van der Waals surface area (Å²) in [6.45, 7) is 7.05. The first-order valence-corrected chi connectivity index (χ1v) is 6.89. The lowest BCUT2D eigenvalue weighted by Crippen LogP contribution is -2.31. The maximum Gasteiger partial charge on any atom is 0.137 e. The van der Waals surface area contributed by atoms with E-state index in [1.165, 1.54) is 0 Å². The topological polar surface area (TPSA) is 59.5 Å².